The van der Waals surface area contributed by atoms with E-state index in [0.29, 0.717) is 22.3 Å². The Bertz CT molecular complexity index is 1000. The summed E-state index contributed by atoms with van der Waals surface area (Å²) in [5, 5.41) is 0.596. The number of halogens is 2. The van der Waals surface area contributed by atoms with Crippen LogP contribution < -0.4 is 36.8 Å². The molecule has 27 heavy (non-hydrogen) atoms. The first-order valence-electron chi connectivity index (χ1n) is 8.06. The minimum atomic E-state index is -0.0406. The predicted molar refractivity (Wildman–Crippen MR) is 97.4 cm³/mol. The van der Waals surface area contributed by atoms with E-state index in [0.717, 1.165) is 17.0 Å². The highest BCUT2D eigenvalue weighted by atomic mass is 79.9. The topological polar surface area (TPSA) is 70.4 Å². The fourth-order valence-corrected chi connectivity index (χ4v) is 3.07. The number of nitrogens with zero attached hydrogens (tertiary/aromatic N) is 2. The zero-order valence-corrected chi connectivity index (χ0v) is 16.8. The normalized spacial score (nSPS) is 11.9. The molecule has 140 valence electrons. The average molecular weight is 451 g/mol. The molecule has 0 fully saturated rings. The number of hydrogen-bond donors (Lipinski definition) is 1. The number of carbonyl (C=O) groups excluding carboxylic acids is 1. The number of ether oxygens (including phenoxy) is 2. The maximum Gasteiger partial charge on any atom is 0.355 e. The van der Waals surface area contributed by atoms with Crippen molar-refractivity contribution in [2.24, 2.45) is 7.05 Å². The van der Waals surface area contributed by atoms with Crippen LogP contribution in [0.2, 0.25) is 5.02 Å². The van der Waals surface area contributed by atoms with Gasteiger partial charge in [0.05, 0.1) is 7.05 Å². The van der Waals surface area contributed by atoms with Crippen molar-refractivity contribution in [2.75, 3.05) is 12.5 Å². The number of aromatic nitrogens is 2. The molecule has 2 aromatic carbocycles. The Labute approximate surface area is 171 Å². The van der Waals surface area contributed by atoms with Gasteiger partial charge < -0.3 is 26.5 Å². The molecule has 3 aromatic rings. The largest absolute Gasteiger partial charge is 1.00 e. The summed E-state index contributed by atoms with van der Waals surface area (Å²) in [5.41, 5.74) is 8.60. The maximum atomic E-state index is 12.5. The van der Waals surface area contributed by atoms with E-state index in [2.05, 4.69) is 0 Å². The Morgan fingerprint density at radius 1 is 1.19 bits per heavy atom. The Hall–Kier alpha value is -2.51. The average Bonchev–Trinajstić information content (AvgIpc) is 3.21. The second kappa shape index (κ2) is 7.62. The molecule has 0 unspecified atom stereocenters. The SMILES string of the molecule is Cn1c(-c2ccc3c(c2)OCO3)c[n+](CC(=O)c2ccc(Cl)cc2)c1N.[Br-]. The van der Waals surface area contributed by atoms with Gasteiger partial charge in [-0.1, -0.05) is 11.6 Å². The molecule has 1 aliphatic heterocycles. The van der Waals surface area contributed by atoms with Crippen molar-refractivity contribution in [3.8, 4) is 22.8 Å². The van der Waals surface area contributed by atoms with Crippen molar-refractivity contribution in [2.45, 2.75) is 6.54 Å². The molecule has 0 atom stereocenters. The van der Waals surface area contributed by atoms with Crippen LogP contribution in [0.15, 0.2) is 48.7 Å². The summed E-state index contributed by atoms with van der Waals surface area (Å²) >= 11 is 5.87. The number of carbonyl (C=O) groups is 1. The molecule has 6 nitrogen and oxygen atoms in total. The van der Waals surface area contributed by atoms with Crippen LogP contribution in [0.1, 0.15) is 10.4 Å². The Morgan fingerprint density at radius 2 is 1.89 bits per heavy atom. The quantitative estimate of drug-likeness (QED) is 0.443. The third kappa shape index (κ3) is 3.65. The fourth-order valence-electron chi connectivity index (χ4n) is 2.95. The van der Waals surface area contributed by atoms with Gasteiger partial charge in [0.1, 0.15) is 18.4 Å². The number of imidazole rings is 1. The van der Waals surface area contributed by atoms with Gasteiger partial charge in [0.25, 0.3) is 0 Å². The summed E-state index contributed by atoms with van der Waals surface area (Å²) in [7, 11) is 1.86. The highest BCUT2D eigenvalue weighted by Crippen LogP contribution is 2.35. The van der Waals surface area contributed by atoms with Crippen LogP contribution in [0, 0.1) is 0 Å². The minimum absolute atomic E-state index is 0. The van der Waals surface area contributed by atoms with E-state index in [1.165, 1.54) is 0 Å². The third-order valence-electron chi connectivity index (χ3n) is 4.43. The minimum Gasteiger partial charge on any atom is -1.00 e. The van der Waals surface area contributed by atoms with Gasteiger partial charge in [0.2, 0.25) is 6.79 Å². The number of rotatable bonds is 4. The smallest absolute Gasteiger partial charge is 0.355 e. The van der Waals surface area contributed by atoms with Crippen LogP contribution in [0.5, 0.6) is 11.5 Å². The summed E-state index contributed by atoms with van der Waals surface area (Å²) in [4.78, 5) is 12.5. The molecule has 0 spiro atoms. The maximum absolute atomic E-state index is 12.5. The van der Waals surface area contributed by atoms with E-state index in [9.17, 15) is 4.79 Å². The molecule has 0 aliphatic carbocycles. The highest BCUT2D eigenvalue weighted by molar-refractivity contribution is 6.30. The predicted octanol–water partition coefficient (Wildman–Crippen LogP) is -0.169. The first-order valence-corrected chi connectivity index (χ1v) is 8.44. The van der Waals surface area contributed by atoms with Crippen LogP contribution in [0.25, 0.3) is 11.3 Å². The van der Waals surface area contributed by atoms with E-state index >= 15 is 0 Å². The van der Waals surface area contributed by atoms with Crippen LogP contribution >= 0.6 is 11.6 Å². The zero-order chi connectivity index (χ0) is 18.3. The lowest BCUT2D eigenvalue weighted by molar-refractivity contribution is -0.667. The standard InChI is InChI=1S/C19H16ClN3O3.BrH/c1-22-15(13-4-7-17-18(8-13)26-11-25-17)9-23(19(22)21)10-16(24)12-2-5-14(20)6-3-12;/h2-9,21H,10-11H2,1H3;1H. The van der Waals surface area contributed by atoms with Gasteiger partial charge in [-0.05, 0) is 42.5 Å². The molecule has 2 heterocycles. The van der Waals surface area contributed by atoms with Crippen molar-refractivity contribution in [3.63, 3.8) is 0 Å². The van der Waals surface area contributed by atoms with Crippen LogP contribution in [-0.4, -0.2) is 17.1 Å². The number of fused-ring (bicyclic) bond motifs is 1. The number of anilines is 1. The monoisotopic (exact) mass is 449 g/mol. The number of ketones is 1. The molecular formula is C19H17BrClN3O3. The molecule has 0 saturated carbocycles. The molecule has 4 rings (SSSR count). The Balaban J connectivity index is 0.00000210. The lowest BCUT2D eigenvalue weighted by Gasteiger charge is -2.01. The summed E-state index contributed by atoms with van der Waals surface area (Å²) in [6.07, 6.45) is 1.86. The van der Waals surface area contributed by atoms with E-state index in [-0.39, 0.29) is 36.1 Å². The van der Waals surface area contributed by atoms with Gasteiger partial charge in [-0.2, -0.15) is 0 Å². The summed E-state index contributed by atoms with van der Waals surface area (Å²) in [6, 6.07) is 12.5. The fraction of sp³-hybridized carbons (Fsp3) is 0.158. The number of hydrogen-bond acceptors (Lipinski definition) is 4. The van der Waals surface area contributed by atoms with Gasteiger partial charge in [-0.25, -0.2) is 9.13 Å². The van der Waals surface area contributed by atoms with Crippen LogP contribution in [0.3, 0.4) is 0 Å². The van der Waals surface area contributed by atoms with Crippen molar-refractivity contribution in [3.05, 3.63) is 59.2 Å². The van der Waals surface area contributed by atoms with Crippen molar-refractivity contribution in [1.29, 1.82) is 0 Å². The summed E-state index contributed by atoms with van der Waals surface area (Å²) in [5.74, 6) is 1.87. The first kappa shape index (κ1) is 19.3. The second-order valence-corrected chi connectivity index (χ2v) is 6.49. The van der Waals surface area contributed by atoms with E-state index in [4.69, 9.17) is 26.8 Å². The van der Waals surface area contributed by atoms with Crippen LogP contribution in [-0.2, 0) is 13.6 Å². The van der Waals surface area contributed by atoms with Crippen molar-refractivity contribution in [1.82, 2.24) is 4.57 Å². The molecule has 0 amide bonds. The molecule has 1 aromatic heterocycles. The van der Waals surface area contributed by atoms with E-state index in [1.54, 1.807) is 28.8 Å². The van der Waals surface area contributed by atoms with E-state index in [1.807, 2.05) is 36.0 Å². The molecule has 2 N–H and O–H groups in total. The van der Waals surface area contributed by atoms with Gasteiger partial charge in [0, 0.05) is 16.1 Å². The first-order chi connectivity index (χ1) is 12.5. The highest BCUT2D eigenvalue weighted by Gasteiger charge is 2.22. The van der Waals surface area contributed by atoms with Gasteiger partial charge in [0.15, 0.2) is 17.3 Å². The number of nitrogen functional groups attached to an aromatic ring is 1. The van der Waals surface area contributed by atoms with Crippen molar-refractivity contribution < 1.29 is 35.8 Å². The van der Waals surface area contributed by atoms with E-state index < -0.39 is 0 Å². The molecule has 0 radical (unpaired) electrons. The van der Waals surface area contributed by atoms with Crippen LogP contribution in [0.4, 0.5) is 5.95 Å². The molecule has 8 heteroatoms. The summed E-state index contributed by atoms with van der Waals surface area (Å²) in [6.45, 7) is 0.371. The molecule has 1 aliphatic rings. The van der Waals surface area contributed by atoms with Gasteiger partial charge >= 0.3 is 5.95 Å². The summed E-state index contributed by atoms with van der Waals surface area (Å²) < 4.78 is 14.4. The second-order valence-electron chi connectivity index (χ2n) is 6.06. The lowest BCUT2D eigenvalue weighted by Crippen LogP contribution is -3.00. The third-order valence-corrected chi connectivity index (χ3v) is 4.68. The zero-order valence-electron chi connectivity index (χ0n) is 14.5. The number of benzene rings is 2. The Morgan fingerprint density at radius 3 is 2.63 bits per heavy atom. The number of nitrogens with two attached hydrogens (primary N) is 1. The lowest BCUT2D eigenvalue weighted by atomic mass is 10.1. The van der Waals surface area contributed by atoms with Gasteiger partial charge in [-0.15, -0.1) is 0 Å². The van der Waals surface area contributed by atoms with Gasteiger partial charge in [-0.3, -0.25) is 10.5 Å². The number of Topliss-reactive ketones (excluding diaryl/α,β-unsaturated/α-hetero) is 1. The Kier molecular flexibility index (Phi) is 5.43. The van der Waals surface area contributed by atoms with Crippen molar-refractivity contribution >= 4 is 23.3 Å². The molecule has 0 saturated heterocycles. The molecule has 0 bridgehead atoms. The molecular weight excluding hydrogens is 434 g/mol.